The molecule has 3 nitrogen and oxygen atoms in total. The number of carbonyl (C=O) groups excluding carboxylic acids is 1. The summed E-state index contributed by atoms with van der Waals surface area (Å²) in [4.78, 5) is 12.9. The molecule has 2 aromatic carbocycles. The van der Waals surface area contributed by atoms with Crippen LogP contribution in [-0.2, 0) is 4.79 Å². The zero-order valence-corrected chi connectivity index (χ0v) is 11.5. The van der Waals surface area contributed by atoms with Crippen molar-refractivity contribution < 1.29 is 4.79 Å². The van der Waals surface area contributed by atoms with Gasteiger partial charge in [0.15, 0.2) is 0 Å². The lowest BCUT2D eigenvalue weighted by Gasteiger charge is -2.07. The molecule has 2 aromatic rings. The maximum Gasteiger partial charge on any atom is 0.234 e. The Kier molecular flexibility index (Phi) is 4.47. The van der Waals surface area contributed by atoms with E-state index in [1.165, 1.54) is 17.3 Å². The molecule has 4 heteroatoms. The first kappa shape index (κ1) is 13.5. The number of rotatable bonds is 4. The predicted octanol–water partition coefficient (Wildman–Crippen LogP) is 3.31. The molecule has 0 aliphatic carbocycles. The summed E-state index contributed by atoms with van der Waals surface area (Å²) < 4.78 is 0. The lowest BCUT2D eigenvalue weighted by atomic mass is 10.2. The molecule has 1 amide bonds. The topological polar surface area (TPSA) is 55.1 Å². The van der Waals surface area contributed by atoms with E-state index >= 15 is 0 Å². The average Bonchev–Trinajstić information content (AvgIpc) is 2.41. The van der Waals surface area contributed by atoms with E-state index in [1.807, 2.05) is 43.3 Å². The number of nitrogens with one attached hydrogen (secondary N) is 1. The fraction of sp³-hybridized carbons (Fsp3) is 0.133. The molecule has 0 aliphatic heterocycles. The number of hydrogen-bond donors (Lipinski definition) is 2. The summed E-state index contributed by atoms with van der Waals surface area (Å²) in [7, 11) is 0. The maximum absolute atomic E-state index is 11.8. The zero-order chi connectivity index (χ0) is 13.7. The number of para-hydroxylation sites is 2. The van der Waals surface area contributed by atoms with Crippen LogP contribution in [-0.4, -0.2) is 11.7 Å². The fourth-order valence-corrected chi connectivity index (χ4v) is 2.28. The number of nitrogens with two attached hydrogens (primary N) is 1. The second kappa shape index (κ2) is 6.29. The summed E-state index contributed by atoms with van der Waals surface area (Å²) in [6.07, 6.45) is 0. The molecule has 0 saturated heterocycles. The number of thioether (sulfide) groups is 1. The van der Waals surface area contributed by atoms with Crippen molar-refractivity contribution >= 4 is 29.0 Å². The van der Waals surface area contributed by atoms with Crippen molar-refractivity contribution in [1.29, 1.82) is 0 Å². The molecule has 3 N–H and O–H groups in total. The van der Waals surface area contributed by atoms with Crippen LogP contribution in [0, 0.1) is 6.92 Å². The quantitative estimate of drug-likeness (QED) is 0.663. The van der Waals surface area contributed by atoms with E-state index in [0.29, 0.717) is 17.1 Å². The van der Waals surface area contributed by atoms with Crippen molar-refractivity contribution in [2.75, 3.05) is 16.8 Å². The Bertz CT molecular complexity index is 567. The molecule has 0 bridgehead atoms. The van der Waals surface area contributed by atoms with Crippen LogP contribution in [0.15, 0.2) is 53.4 Å². The number of anilines is 2. The van der Waals surface area contributed by atoms with Crippen LogP contribution >= 0.6 is 11.8 Å². The normalized spacial score (nSPS) is 10.2. The van der Waals surface area contributed by atoms with Gasteiger partial charge in [-0.3, -0.25) is 4.79 Å². The molecule has 19 heavy (non-hydrogen) atoms. The molecule has 0 aromatic heterocycles. The molecule has 0 unspecified atom stereocenters. The molecular weight excluding hydrogens is 256 g/mol. The molecular formula is C15H16N2OS. The first-order valence-electron chi connectivity index (χ1n) is 5.99. The Morgan fingerprint density at radius 2 is 1.84 bits per heavy atom. The van der Waals surface area contributed by atoms with Gasteiger partial charge in [0, 0.05) is 4.90 Å². The summed E-state index contributed by atoms with van der Waals surface area (Å²) >= 11 is 1.51. The van der Waals surface area contributed by atoms with Crippen molar-refractivity contribution in [2.24, 2.45) is 0 Å². The highest BCUT2D eigenvalue weighted by atomic mass is 32.2. The van der Waals surface area contributed by atoms with Gasteiger partial charge >= 0.3 is 0 Å². The predicted molar refractivity (Wildman–Crippen MR) is 81.4 cm³/mol. The summed E-state index contributed by atoms with van der Waals surface area (Å²) in [5, 5.41) is 2.81. The molecule has 0 radical (unpaired) electrons. The Hall–Kier alpha value is -1.94. The van der Waals surface area contributed by atoms with Crippen molar-refractivity contribution in [1.82, 2.24) is 0 Å². The molecule has 98 valence electrons. The first-order valence-corrected chi connectivity index (χ1v) is 6.97. The van der Waals surface area contributed by atoms with Crippen LogP contribution in [0.1, 0.15) is 5.56 Å². The average molecular weight is 272 g/mol. The van der Waals surface area contributed by atoms with Gasteiger partial charge < -0.3 is 11.1 Å². The van der Waals surface area contributed by atoms with E-state index in [-0.39, 0.29) is 5.91 Å². The van der Waals surface area contributed by atoms with E-state index in [0.717, 1.165) is 4.90 Å². The second-order valence-corrected chi connectivity index (χ2v) is 5.29. The highest BCUT2D eigenvalue weighted by Gasteiger charge is 2.05. The number of nitrogen functional groups attached to an aromatic ring is 1. The summed E-state index contributed by atoms with van der Waals surface area (Å²) in [5.41, 5.74) is 8.23. The molecule has 0 heterocycles. The highest BCUT2D eigenvalue weighted by molar-refractivity contribution is 8.00. The van der Waals surface area contributed by atoms with Gasteiger partial charge in [-0.15, -0.1) is 11.8 Å². The van der Waals surface area contributed by atoms with Crippen LogP contribution in [0.2, 0.25) is 0 Å². The molecule has 0 saturated carbocycles. The molecule has 0 atom stereocenters. The standard InChI is InChI=1S/C15H16N2OS/c1-11-6-8-12(9-7-11)19-10-15(18)17-14-5-3-2-4-13(14)16/h2-9H,10,16H2,1H3,(H,17,18). The van der Waals surface area contributed by atoms with Gasteiger partial charge in [0.05, 0.1) is 17.1 Å². The second-order valence-electron chi connectivity index (χ2n) is 4.24. The van der Waals surface area contributed by atoms with Crippen LogP contribution in [0.4, 0.5) is 11.4 Å². The van der Waals surface area contributed by atoms with Crippen LogP contribution in [0.5, 0.6) is 0 Å². The molecule has 0 fully saturated rings. The van der Waals surface area contributed by atoms with Gasteiger partial charge in [0.1, 0.15) is 0 Å². The smallest absolute Gasteiger partial charge is 0.234 e. The van der Waals surface area contributed by atoms with Crippen molar-refractivity contribution in [3.63, 3.8) is 0 Å². The minimum atomic E-state index is -0.0523. The van der Waals surface area contributed by atoms with Gasteiger partial charge in [0.25, 0.3) is 0 Å². The maximum atomic E-state index is 11.8. The molecule has 0 aliphatic rings. The number of carbonyl (C=O) groups is 1. The van der Waals surface area contributed by atoms with E-state index < -0.39 is 0 Å². The number of hydrogen-bond acceptors (Lipinski definition) is 3. The number of benzene rings is 2. The van der Waals surface area contributed by atoms with Gasteiger partial charge in [-0.05, 0) is 31.2 Å². The van der Waals surface area contributed by atoms with Crippen LogP contribution < -0.4 is 11.1 Å². The van der Waals surface area contributed by atoms with Crippen LogP contribution in [0.3, 0.4) is 0 Å². The molecule has 0 spiro atoms. The Morgan fingerprint density at radius 1 is 1.16 bits per heavy atom. The van der Waals surface area contributed by atoms with Gasteiger partial charge in [-0.2, -0.15) is 0 Å². The van der Waals surface area contributed by atoms with E-state index in [9.17, 15) is 4.79 Å². The summed E-state index contributed by atoms with van der Waals surface area (Å²) in [6, 6.07) is 15.4. The van der Waals surface area contributed by atoms with E-state index in [4.69, 9.17) is 5.73 Å². The van der Waals surface area contributed by atoms with Gasteiger partial charge in [0.2, 0.25) is 5.91 Å². The lowest BCUT2D eigenvalue weighted by Crippen LogP contribution is -2.15. The van der Waals surface area contributed by atoms with Crippen molar-refractivity contribution in [3.8, 4) is 0 Å². The third kappa shape index (κ3) is 4.03. The largest absolute Gasteiger partial charge is 0.397 e. The minimum absolute atomic E-state index is 0.0523. The Labute approximate surface area is 117 Å². The third-order valence-electron chi connectivity index (χ3n) is 2.63. The minimum Gasteiger partial charge on any atom is -0.397 e. The lowest BCUT2D eigenvalue weighted by molar-refractivity contribution is -0.113. The SMILES string of the molecule is Cc1ccc(SCC(=O)Nc2ccccc2N)cc1. The number of aryl methyl sites for hydroxylation is 1. The Balaban J connectivity index is 1.88. The fourth-order valence-electron chi connectivity index (χ4n) is 1.58. The highest BCUT2D eigenvalue weighted by Crippen LogP contribution is 2.20. The summed E-state index contributed by atoms with van der Waals surface area (Å²) in [5.74, 6) is 0.320. The van der Waals surface area contributed by atoms with Crippen molar-refractivity contribution in [2.45, 2.75) is 11.8 Å². The van der Waals surface area contributed by atoms with Gasteiger partial charge in [-0.25, -0.2) is 0 Å². The van der Waals surface area contributed by atoms with E-state index in [1.54, 1.807) is 12.1 Å². The summed E-state index contributed by atoms with van der Waals surface area (Å²) in [6.45, 7) is 2.04. The van der Waals surface area contributed by atoms with Gasteiger partial charge in [-0.1, -0.05) is 29.8 Å². The molecule has 2 rings (SSSR count). The van der Waals surface area contributed by atoms with Crippen LogP contribution in [0.25, 0.3) is 0 Å². The van der Waals surface area contributed by atoms with Crippen molar-refractivity contribution in [3.05, 3.63) is 54.1 Å². The van der Waals surface area contributed by atoms with E-state index in [2.05, 4.69) is 5.32 Å². The third-order valence-corrected chi connectivity index (χ3v) is 3.64. The zero-order valence-electron chi connectivity index (χ0n) is 10.7. The monoisotopic (exact) mass is 272 g/mol. The first-order chi connectivity index (χ1) is 9.15. The Morgan fingerprint density at radius 3 is 2.53 bits per heavy atom. The number of amides is 1.